The zero-order chi connectivity index (χ0) is 22.3. The van der Waals surface area contributed by atoms with Gasteiger partial charge in [0.1, 0.15) is 11.6 Å². The number of amides is 1. The van der Waals surface area contributed by atoms with Gasteiger partial charge >= 0.3 is 5.69 Å². The molecule has 0 spiro atoms. The number of hydrogen-bond donors (Lipinski definition) is 1. The van der Waals surface area contributed by atoms with Gasteiger partial charge in [-0.2, -0.15) is 10.2 Å². The molecule has 1 aliphatic heterocycles. The number of hydrogen-bond acceptors (Lipinski definition) is 4. The molecule has 3 aromatic rings. The molecule has 4 rings (SSSR count). The highest BCUT2D eigenvalue weighted by Gasteiger charge is 2.31. The molecular weight excluding hydrogens is 423 g/mol. The van der Waals surface area contributed by atoms with Gasteiger partial charge in [-0.15, -0.1) is 0 Å². The molecule has 1 atom stereocenters. The van der Waals surface area contributed by atoms with Gasteiger partial charge in [0.15, 0.2) is 0 Å². The molecule has 0 radical (unpaired) electrons. The Morgan fingerprint density at radius 1 is 1.29 bits per heavy atom. The Hall–Kier alpha value is -2.94. The summed E-state index contributed by atoms with van der Waals surface area (Å²) in [5.41, 5.74) is 2.66. The molecular formula is C21H24ClFN6O2. The van der Waals surface area contributed by atoms with E-state index in [2.05, 4.69) is 15.5 Å². The normalized spacial score (nSPS) is 15.7. The summed E-state index contributed by atoms with van der Waals surface area (Å²) in [6.45, 7) is 4.60. The third-order valence-corrected chi connectivity index (χ3v) is 6.28. The molecule has 31 heavy (non-hydrogen) atoms. The van der Waals surface area contributed by atoms with Gasteiger partial charge in [0.05, 0.1) is 18.2 Å². The fraction of sp³-hybridized carbons (Fsp3) is 0.429. The number of halogens is 2. The van der Waals surface area contributed by atoms with Crippen molar-refractivity contribution in [3.63, 3.8) is 0 Å². The van der Waals surface area contributed by atoms with Crippen molar-refractivity contribution in [2.75, 3.05) is 0 Å². The summed E-state index contributed by atoms with van der Waals surface area (Å²) in [7, 11) is 1.86. The largest absolute Gasteiger partial charge is 0.351 e. The summed E-state index contributed by atoms with van der Waals surface area (Å²) < 4.78 is 18.6. The van der Waals surface area contributed by atoms with Crippen LogP contribution in [0.5, 0.6) is 0 Å². The van der Waals surface area contributed by atoms with Gasteiger partial charge in [-0.1, -0.05) is 17.7 Å². The van der Waals surface area contributed by atoms with E-state index in [9.17, 15) is 14.0 Å². The van der Waals surface area contributed by atoms with Crippen LogP contribution in [0.15, 0.2) is 23.0 Å². The van der Waals surface area contributed by atoms with Crippen LogP contribution >= 0.6 is 11.6 Å². The number of benzene rings is 1. The van der Waals surface area contributed by atoms with Crippen molar-refractivity contribution in [1.82, 2.24) is 29.4 Å². The molecule has 1 unspecified atom stereocenters. The molecule has 1 aliphatic rings. The number of carbonyl (C=O) groups is 1. The van der Waals surface area contributed by atoms with Crippen molar-refractivity contribution in [3.05, 3.63) is 67.9 Å². The predicted molar refractivity (Wildman–Crippen MR) is 114 cm³/mol. The van der Waals surface area contributed by atoms with E-state index in [1.807, 2.05) is 20.9 Å². The summed E-state index contributed by atoms with van der Waals surface area (Å²) in [6, 6.07) is 4.37. The van der Waals surface area contributed by atoms with E-state index in [1.165, 1.54) is 21.4 Å². The summed E-state index contributed by atoms with van der Waals surface area (Å²) in [4.78, 5) is 25.8. The zero-order valence-corrected chi connectivity index (χ0v) is 18.4. The van der Waals surface area contributed by atoms with Crippen molar-refractivity contribution in [2.24, 2.45) is 7.05 Å². The second kappa shape index (κ2) is 8.30. The molecule has 1 aromatic carbocycles. The smallest absolute Gasteiger partial charge is 0.346 e. The molecule has 0 bridgehead atoms. The summed E-state index contributed by atoms with van der Waals surface area (Å²) in [6.07, 6.45) is 1.27. The van der Waals surface area contributed by atoms with Gasteiger partial charge in [-0.05, 0) is 38.8 Å². The first-order valence-electron chi connectivity index (χ1n) is 10.1. The third-order valence-electron chi connectivity index (χ3n) is 5.92. The fourth-order valence-electron chi connectivity index (χ4n) is 4.06. The van der Waals surface area contributed by atoms with Gasteiger partial charge < -0.3 is 5.32 Å². The first-order chi connectivity index (χ1) is 14.8. The Morgan fingerprint density at radius 3 is 2.74 bits per heavy atom. The lowest BCUT2D eigenvalue weighted by Gasteiger charge is -2.21. The van der Waals surface area contributed by atoms with Crippen LogP contribution in [0, 0.1) is 19.7 Å². The number of rotatable bonds is 5. The van der Waals surface area contributed by atoms with Crippen LogP contribution in [-0.2, 0) is 31.5 Å². The second-order valence-corrected chi connectivity index (χ2v) is 8.24. The molecule has 0 saturated carbocycles. The summed E-state index contributed by atoms with van der Waals surface area (Å²) >= 11 is 6.10. The van der Waals surface area contributed by atoms with Crippen molar-refractivity contribution < 1.29 is 9.18 Å². The number of aromatic nitrogens is 5. The fourth-order valence-corrected chi connectivity index (χ4v) is 4.29. The second-order valence-electron chi connectivity index (χ2n) is 7.84. The predicted octanol–water partition coefficient (Wildman–Crippen LogP) is 2.43. The molecule has 8 nitrogen and oxygen atoms in total. The van der Waals surface area contributed by atoms with Crippen molar-refractivity contribution >= 4 is 17.5 Å². The topological polar surface area (TPSA) is 86.7 Å². The quantitative estimate of drug-likeness (QED) is 0.652. The number of fused-ring (bicyclic) bond motifs is 1. The van der Waals surface area contributed by atoms with Crippen LogP contribution in [0.3, 0.4) is 0 Å². The van der Waals surface area contributed by atoms with Crippen LogP contribution in [0.4, 0.5) is 4.39 Å². The molecule has 164 valence electrons. The number of nitrogens with zero attached hydrogens (tertiary/aromatic N) is 5. The van der Waals surface area contributed by atoms with E-state index < -0.39 is 11.7 Å². The van der Waals surface area contributed by atoms with Crippen molar-refractivity contribution in [1.29, 1.82) is 0 Å². The highest BCUT2D eigenvalue weighted by molar-refractivity contribution is 6.31. The maximum Gasteiger partial charge on any atom is 0.346 e. The van der Waals surface area contributed by atoms with E-state index in [-0.39, 0.29) is 28.7 Å². The Kier molecular flexibility index (Phi) is 5.70. The van der Waals surface area contributed by atoms with E-state index in [1.54, 1.807) is 10.7 Å². The lowest BCUT2D eigenvalue weighted by atomic mass is 9.98. The Bertz CT molecular complexity index is 1190. The molecule has 0 aliphatic carbocycles. The highest BCUT2D eigenvalue weighted by Crippen LogP contribution is 2.26. The van der Waals surface area contributed by atoms with Gasteiger partial charge in [0.2, 0.25) is 5.91 Å². The molecule has 10 heteroatoms. The van der Waals surface area contributed by atoms with Crippen LogP contribution in [-0.4, -0.2) is 30.0 Å². The molecule has 1 N–H and O–H groups in total. The minimum absolute atomic E-state index is 0.0905. The minimum Gasteiger partial charge on any atom is -0.351 e. The Labute approximate surface area is 183 Å². The standard InChI is InChI=1S/C21H24ClFN6O2/c1-12-15(13(2)27(3)25-12)10-24-20(30)14-6-5-9-28-19(14)26-29(21(28)31)11-16-17(22)7-4-8-18(16)23/h4,7-8,14H,5-6,9-11H2,1-3H3,(H,24,30). The summed E-state index contributed by atoms with van der Waals surface area (Å²) in [5.74, 6) is -0.830. The van der Waals surface area contributed by atoms with Gasteiger partial charge in [0, 0.05) is 42.0 Å². The third kappa shape index (κ3) is 3.89. The first-order valence-corrected chi connectivity index (χ1v) is 10.5. The summed E-state index contributed by atoms with van der Waals surface area (Å²) in [5, 5.41) is 12.0. The Balaban J connectivity index is 1.57. The van der Waals surface area contributed by atoms with E-state index >= 15 is 0 Å². The van der Waals surface area contributed by atoms with Crippen molar-refractivity contribution in [3.8, 4) is 0 Å². The number of nitrogens with one attached hydrogen (secondary N) is 1. The average Bonchev–Trinajstić information content (AvgIpc) is 3.18. The molecule has 3 heterocycles. The minimum atomic E-state index is -0.545. The van der Waals surface area contributed by atoms with Gasteiger partial charge in [0.25, 0.3) is 0 Å². The monoisotopic (exact) mass is 446 g/mol. The SMILES string of the molecule is Cc1nn(C)c(C)c1CNC(=O)C1CCCn2c1nn(Cc1c(F)cccc1Cl)c2=O. The maximum absolute atomic E-state index is 14.2. The van der Waals surface area contributed by atoms with Crippen LogP contribution in [0.25, 0.3) is 0 Å². The highest BCUT2D eigenvalue weighted by atomic mass is 35.5. The van der Waals surface area contributed by atoms with Crippen molar-refractivity contribution in [2.45, 2.75) is 52.2 Å². The van der Waals surface area contributed by atoms with Gasteiger partial charge in [-0.25, -0.2) is 13.9 Å². The zero-order valence-electron chi connectivity index (χ0n) is 17.7. The van der Waals surface area contributed by atoms with E-state index in [0.29, 0.717) is 31.8 Å². The molecule has 0 saturated heterocycles. The lowest BCUT2D eigenvalue weighted by molar-refractivity contribution is -0.123. The molecule has 1 amide bonds. The maximum atomic E-state index is 14.2. The van der Waals surface area contributed by atoms with E-state index in [0.717, 1.165) is 17.0 Å². The average molecular weight is 447 g/mol. The number of carbonyl (C=O) groups excluding carboxylic acids is 1. The first kappa shape index (κ1) is 21.3. The van der Waals surface area contributed by atoms with Crippen LogP contribution < -0.4 is 11.0 Å². The van der Waals surface area contributed by atoms with E-state index in [4.69, 9.17) is 11.6 Å². The Morgan fingerprint density at radius 2 is 2.06 bits per heavy atom. The lowest BCUT2D eigenvalue weighted by Crippen LogP contribution is -2.35. The molecule has 2 aromatic heterocycles. The number of aryl methyl sites for hydroxylation is 2. The van der Waals surface area contributed by atoms with Gasteiger partial charge in [-0.3, -0.25) is 14.0 Å². The molecule has 0 fully saturated rings. The van der Waals surface area contributed by atoms with Crippen LogP contribution in [0.2, 0.25) is 5.02 Å². The van der Waals surface area contributed by atoms with Crippen LogP contribution in [0.1, 0.15) is 47.1 Å².